The Kier molecular flexibility index (Phi) is 3.85. The average Bonchev–Trinajstić information content (AvgIpc) is 2.63. The first kappa shape index (κ1) is 15.6. The van der Waals surface area contributed by atoms with Crippen LogP contribution in [0.15, 0.2) is 53.5 Å². The molecule has 0 aliphatic carbocycles. The second kappa shape index (κ2) is 5.70. The highest BCUT2D eigenvalue weighted by Gasteiger charge is 2.44. The number of halogens is 4. The minimum atomic E-state index is -4.83. The van der Waals surface area contributed by atoms with Crippen molar-refractivity contribution in [1.82, 2.24) is 0 Å². The van der Waals surface area contributed by atoms with Crippen molar-refractivity contribution in [1.29, 1.82) is 0 Å². The summed E-state index contributed by atoms with van der Waals surface area (Å²) in [6, 6.07) is 12.6. The fourth-order valence-electron chi connectivity index (χ4n) is 2.45. The van der Waals surface area contributed by atoms with Crippen LogP contribution < -0.4 is 4.90 Å². The number of benzodiazepines with no additional fused rings is 1. The van der Waals surface area contributed by atoms with Gasteiger partial charge in [0, 0.05) is 16.1 Å². The first-order chi connectivity index (χ1) is 10.9. The Morgan fingerprint density at radius 2 is 1.78 bits per heavy atom. The normalized spacial score (nSPS) is 15.0. The van der Waals surface area contributed by atoms with E-state index in [-0.39, 0.29) is 21.2 Å². The molecule has 0 fully saturated rings. The lowest BCUT2D eigenvalue weighted by molar-refractivity contribution is -0.148. The van der Waals surface area contributed by atoms with Gasteiger partial charge in [-0.3, -0.25) is 9.79 Å². The van der Waals surface area contributed by atoms with Crippen molar-refractivity contribution >= 4 is 28.9 Å². The molecule has 3 rings (SSSR count). The molecular formula is C16H10ClF3N2O. The predicted octanol–water partition coefficient (Wildman–Crippen LogP) is 4.04. The number of hydrogen-bond donors (Lipinski definition) is 0. The van der Waals surface area contributed by atoms with E-state index in [2.05, 4.69) is 4.99 Å². The van der Waals surface area contributed by atoms with Crippen molar-refractivity contribution in [3.8, 4) is 0 Å². The molecule has 1 aliphatic heterocycles. The van der Waals surface area contributed by atoms with E-state index in [9.17, 15) is 18.0 Å². The van der Waals surface area contributed by atoms with Crippen LogP contribution in [0.4, 0.5) is 18.9 Å². The van der Waals surface area contributed by atoms with Gasteiger partial charge < -0.3 is 0 Å². The second-order valence-corrected chi connectivity index (χ2v) is 5.33. The Bertz CT molecular complexity index is 788. The van der Waals surface area contributed by atoms with Crippen molar-refractivity contribution in [2.24, 2.45) is 4.99 Å². The van der Waals surface area contributed by atoms with E-state index in [1.807, 2.05) is 0 Å². The maximum atomic E-state index is 13.3. The van der Waals surface area contributed by atoms with Crippen LogP contribution in [0.2, 0.25) is 5.02 Å². The molecular weight excluding hydrogens is 329 g/mol. The smallest absolute Gasteiger partial charge is 0.274 e. The largest absolute Gasteiger partial charge is 0.491 e. The van der Waals surface area contributed by atoms with Gasteiger partial charge >= 0.3 is 6.30 Å². The van der Waals surface area contributed by atoms with Crippen LogP contribution in [-0.4, -0.2) is 24.5 Å². The van der Waals surface area contributed by atoms with Crippen LogP contribution in [-0.2, 0) is 4.79 Å². The lowest BCUT2D eigenvalue weighted by Gasteiger charge is -2.25. The van der Waals surface area contributed by atoms with Gasteiger partial charge in [-0.05, 0) is 18.2 Å². The van der Waals surface area contributed by atoms with Gasteiger partial charge in [-0.2, -0.15) is 0 Å². The number of fused-ring (bicyclic) bond motifs is 1. The number of anilines is 1. The molecule has 0 N–H and O–H groups in total. The molecule has 0 bridgehead atoms. The number of hydrogen-bond acceptors (Lipinski definition) is 2. The molecule has 3 nitrogen and oxygen atoms in total. The quantitative estimate of drug-likeness (QED) is 0.722. The molecule has 0 unspecified atom stereocenters. The zero-order valence-electron chi connectivity index (χ0n) is 11.6. The van der Waals surface area contributed by atoms with Gasteiger partial charge in [-0.25, -0.2) is 4.90 Å². The molecule has 0 radical (unpaired) electrons. The third-order valence-corrected chi connectivity index (χ3v) is 3.61. The number of carbonyl (C=O) groups is 1. The summed E-state index contributed by atoms with van der Waals surface area (Å²) in [6.45, 7) is -0.587. The second-order valence-electron chi connectivity index (χ2n) is 4.89. The summed E-state index contributed by atoms with van der Waals surface area (Å²) in [5.74, 6) is -1.13. The number of amides is 1. The standard InChI is InChI=1S/C16H10ClF3N2O/c17-11-6-7-13-12(8-11)15(10-4-2-1-3-5-10)21-9-14(23)22(13)16(18,19)20/h1-8H,9H2. The number of rotatable bonds is 1. The molecule has 1 aliphatic rings. The van der Waals surface area contributed by atoms with Crippen LogP contribution in [0.5, 0.6) is 0 Å². The van der Waals surface area contributed by atoms with E-state index < -0.39 is 18.8 Å². The fourth-order valence-corrected chi connectivity index (χ4v) is 2.62. The van der Waals surface area contributed by atoms with Gasteiger partial charge in [0.1, 0.15) is 6.54 Å². The molecule has 2 aromatic rings. The minimum Gasteiger partial charge on any atom is -0.274 e. The van der Waals surface area contributed by atoms with Crippen molar-refractivity contribution in [2.45, 2.75) is 6.30 Å². The Morgan fingerprint density at radius 3 is 2.43 bits per heavy atom. The fraction of sp³-hybridized carbons (Fsp3) is 0.125. The maximum Gasteiger partial charge on any atom is 0.491 e. The van der Waals surface area contributed by atoms with E-state index >= 15 is 0 Å². The van der Waals surface area contributed by atoms with E-state index in [1.165, 1.54) is 18.2 Å². The van der Waals surface area contributed by atoms with Gasteiger partial charge in [0.05, 0.1) is 11.4 Å². The van der Waals surface area contributed by atoms with Gasteiger partial charge in [-0.15, -0.1) is 13.2 Å². The van der Waals surface area contributed by atoms with Gasteiger partial charge in [-0.1, -0.05) is 41.9 Å². The lowest BCUT2D eigenvalue weighted by Crippen LogP contribution is -2.44. The van der Waals surface area contributed by atoms with Crippen molar-refractivity contribution in [3.05, 3.63) is 64.7 Å². The molecule has 1 amide bonds. The van der Waals surface area contributed by atoms with E-state index in [0.717, 1.165) is 0 Å². The number of benzene rings is 2. The Balaban J connectivity index is 2.25. The molecule has 0 aromatic heterocycles. The molecule has 23 heavy (non-hydrogen) atoms. The summed E-state index contributed by atoms with van der Waals surface area (Å²) in [6.07, 6.45) is -4.83. The lowest BCUT2D eigenvalue weighted by atomic mass is 10.0. The molecule has 0 saturated heterocycles. The molecule has 2 aromatic carbocycles. The highest BCUT2D eigenvalue weighted by atomic mass is 35.5. The van der Waals surface area contributed by atoms with Crippen molar-refractivity contribution < 1.29 is 18.0 Å². The number of carbonyl (C=O) groups excluding carboxylic acids is 1. The third kappa shape index (κ3) is 2.94. The summed E-state index contributed by atoms with van der Waals surface area (Å²) in [7, 11) is 0. The Morgan fingerprint density at radius 1 is 1.09 bits per heavy atom. The van der Waals surface area contributed by atoms with E-state index in [1.54, 1.807) is 30.3 Å². The molecule has 0 saturated carbocycles. The highest BCUT2D eigenvalue weighted by Crippen LogP contribution is 2.35. The molecule has 1 heterocycles. The zero-order valence-corrected chi connectivity index (χ0v) is 12.4. The summed E-state index contributed by atoms with van der Waals surface area (Å²) in [5.41, 5.74) is 0.829. The van der Waals surface area contributed by atoms with Gasteiger partial charge in [0.2, 0.25) is 0 Å². The Hall–Kier alpha value is -2.34. The molecule has 118 valence electrons. The molecule has 7 heteroatoms. The van der Waals surface area contributed by atoms with Gasteiger partial charge in [0.15, 0.2) is 0 Å². The third-order valence-electron chi connectivity index (χ3n) is 3.38. The van der Waals surface area contributed by atoms with Crippen LogP contribution in [0.25, 0.3) is 0 Å². The monoisotopic (exact) mass is 338 g/mol. The molecule has 0 spiro atoms. The molecule has 0 atom stereocenters. The van der Waals surface area contributed by atoms with E-state index in [0.29, 0.717) is 11.3 Å². The first-order valence-electron chi connectivity index (χ1n) is 6.67. The van der Waals surface area contributed by atoms with Crippen molar-refractivity contribution in [3.63, 3.8) is 0 Å². The van der Waals surface area contributed by atoms with Crippen LogP contribution in [0.3, 0.4) is 0 Å². The maximum absolute atomic E-state index is 13.3. The SMILES string of the molecule is O=C1CN=C(c2ccccc2)c2cc(Cl)ccc2N1C(F)(F)F. The summed E-state index contributed by atoms with van der Waals surface area (Å²) >= 11 is 5.94. The summed E-state index contributed by atoms with van der Waals surface area (Å²) in [4.78, 5) is 15.9. The average molecular weight is 339 g/mol. The van der Waals surface area contributed by atoms with Crippen LogP contribution >= 0.6 is 11.6 Å². The number of aliphatic imine (C=N–C) groups is 1. The van der Waals surface area contributed by atoms with Crippen LogP contribution in [0, 0.1) is 0 Å². The first-order valence-corrected chi connectivity index (χ1v) is 7.05. The van der Waals surface area contributed by atoms with Crippen molar-refractivity contribution in [2.75, 3.05) is 11.4 Å². The topological polar surface area (TPSA) is 32.7 Å². The predicted molar refractivity (Wildman–Crippen MR) is 81.9 cm³/mol. The summed E-state index contributed by atoms with van der Waals surface area (Å²) in [5, 5.41) is 0.267. The van der Waals surface area contributed by atoms with E-state index in [4.69, 9.17) is 11.6 Å². The number of alkyl halides is 3. The highest BCUT2D eigenvalue weighted by molar-refractivity contribution is 6.32. The van der Waals surface area contributed by atoms with Crippen LogP contribution in [0.1, 0.15) is 11.1 Å². The minimum absolute atomic E-state index is 0.173. The number of nitrogens with zero attached hydrogens (tertiary/aromatic N) is 2. The van der Waals surface area contributed by atoms with Gasteiger partial charge in [0.25, 0.3) is 5.91 Å². The summed E-state index contributed by atoms with van der Waals surface area (Å²) < 4.78 is 39.9. The zero-order chi connectivity index (χ0) is 16.6. The Labute approximate surface area is 135 Å².